The standard InChI is InChI=1S/C14H25NO2/c1-13(2,3)12(16)15-9-10-17-14(11-15)7-5-4-6-8-14/h4-11H2,1-3H3. The number of carbonyl (C=O) groups is 1. The number of nitrogens with zero attached hydrogens (tertiary/aromatic N) is 1. The van der Waals surface area contributed by atoms with Gasteiger partial charge in [-0.1, -0.05) is 40.0 Å². The minimum absolute atomic E-state index is 0.0165. The maximum absolute atomic E-state index is 12.3. The molecule has 3 heteroatoms. The van der Waals surface area contributed by atoms with Gasteiger partial charge in [0, 0.05) is 18.5 Å². The van der Waals surface area contributed by atoms with Crippen LogP contribution in [0.3, 0.4) is 0 Å². The minimum Gasteiger partial charge on any atom is -0.371 e. The summed E-state index contributed by atoms with van der Waals surface area (Å²) >= 11 is 0. The van der Waals surface area contributed by atoms with Gasteiger partial charge in [0.25, 0.3) is 0 Å². The Morgan fingerprint density at radius 2 is 1.82 bits per heavy atom. The Bertz CT molecular complexity index is 282. The zero-order chi connectivity index (χ0) is 12.5. The third-order valence-corrected chi connectivity index (χ3v) is 3.94. The highest BCUT2D eigenvalue weighted by Crippen LogP contribution is 2.35. The second-order valence-corrected chi connectivity index (χ2v) is 6.57. The van der Waals surface area contributed by atoms with Crippen molar-refractivity contribution >= 4 is 5.91 Å². The summed E-state index contributed by atoms with van der Waals surface area (Å²) in [7, 11) is 0. The molecule has 2 fully saturated rings. The minimum atomic E-state index is -0.271. The fraction of sp³-hybridized carbons (Fsp3) is 0.929. The molecule has 0 unspecified atom stereocenters. The monoisotopic (exact) mass is 239 g/mol. The molecule has 1 saturated carbocycles. The lowest BCUT2D eigenvalue weighted by Crippen LogP contribution is -2.56. The van der Waals surface area contributed by atoms with Crippen LogP contribution in [0.15, 0.2) is 0 Å². The van der Waals surface area contributed by atoms with Crippen LogP contribution in [-0.4, -0.2) is 36.1 Å². The molecule has 1 aliphatic heterocycles. The van der Waals surface area contributed by atoms with Crippen molar-refractivity contribution in [3.63, 3.8) is 0 Å². The topological polar surface area (TPSA) is 29.5 Å². The molecule has 1 saturated heterocycles. The van der Waals surface area contributed by atoms with Gasteiger partial charge >= 0.3 is 0 Å². The van der Waals surface area contributed by atoms with Crippen LogP contribution in [0.25, 0.3) is 0 Å². The van der Waals surface area contributed by atoms with E-state index < -0.39 is 0 Å². The molecule has 2 aliphatic rings. The van der Waals surface area contributed by atoms with Crippen molar-refractivity contribution in [2.24, 2.45) is 5.41 Å². The summed E-state index contributed by atoms with van der Waals surface area (Å²) in [5, 5.41) is 0. The number of hydrogen-bond acceptors (Lipinski definition) is 2. The number of ether oxygens (including phenoxy) is 1. The summed E-state index contributed by atoms with van der Waals surface area (Å²) in [6.45, 7) is 8.28. The number of hydrogen-bond donors (Lipinski definition) is 0. The highest BCUT2D eigenvalue weighted by atomic mass is 16.5. The van der Waals surface area contributed by atoms with Gasteiger partial charge in [0.15, 0.2) is 0 Å². The molecule has 17 heavy (non-hydrogen) atoms. The van der Waals surface area contributed by atoms with Crippen molar-refractivity contribution in [1.29, 1.82) is 0 Å². The Balaban J connectivity index is 2.04. The predicted octanol–water partition coefficient (Wildman–Crippen LogP) is 2.59. The molecule has 0 aromatic carbocycles. The molecule has 1 spiro atoms. The lowest BCUT2D eigenvalue weighted by Gasteiger charge is -2.46. The molecule has 0 bridgehead atoms. The maximum Gasteiger partial charge on any atom is 0.228 e. The van der Waals surface area contributed by atoms with Crippen LogP contribution in [0.2, 0.25) is 0 Å². The molecule has 0 atom stereocenters. The SMILES string of the molecule is CC(C)(C)C(=O)N1CCOC2(CCCCC2)C1. The van der Waals surface area contributed by atoms with E-state index in [-0.39, 0.29) is 16.9 Å². The lowest BCUT2D eigenvalue weighted by atomic mass is 9.82. The van der Waals surface area contributed by atoms with Crippen LogP contribution in [0, 0.1) is 5.41 Å². The molecular weight excluding hydrogens is 214 g/mol. The van der Waals surface area contributed by atoms with E-state index in [2.05, 4.69) is 0 Å². The van der Waals surface area contributed by atoms with Gasteiger partial charge in [-0.25, -0.2) is 0 Å². The zero-order valence-electron chi connectivity index (χ0n) is 11.4. The number of rotatable bonds is 0. The van der Waals surface area contributed by atoms with Gasteiger partial charge in [-0.3, -0.25) is 4.79 Å². The van der Waals surface area contributed by atoms with Gasteiger partial charge < -0.3 is 9.64 Å². The van der Waals surface area contributed by atoms with Gasteiger partial charge in [-0.2, -0.15) is 0 Å². The Morgan fingerprint density at radius 1 is 1.18 bits per heavy atom. The summed E-state index contributed by atoms with van der Waals surface area (Å²) in [5.41, 5.74) is -0.287. The first-order valence-corrected chi connectivity index (χ1v) is 6.86. The van der Waals surface area contributed by atoms with Crippen LogP contribution in [0.4, 0.5) is 0 Å². The molecule has 3 nitrogen and oxygen atoms in total. The normalized spacial score (nSPS) is 25.0. The van der Waals surface area contributed by atoms with Crippen molar-refractivity contribution in [2.45, 2.75) is 58.5 Å². The van der Waals surface area contributed by atoms with Gasteiger partial charge in [-0.05, 0) is 12.8 Å². The largest absolute Gasteiger partial charge is 0.371 e. The second-order valence-electron chi connectivity index (χ2n) is 6.57. The molecule has 1 aliphatic carbocycles. The Kier molecular flexibility index (Phi) is 3.48. The Morgan fingerprint density at radius 3 is 2.41 bits per heavy atom. The highest BCUT2D eigenvalue weighted by Gasteiger charge is 2.41. The van der Waals surface area contributed by atoms with Gasteiger partial charge in [-0.15, -0.1) is 0 Å². The van der Waals surface area contributed by atoms with Crippen molar-refractivity contribution < 1.29 is 9.53 Å². The van der Waals surface area contributed by atoms with Gasteiger partial charge in [0.2, 0.25) is 5.91 Å². The summed E-state index contributed by atoms with van der Waals surface area (Å²) in [4.78, 5) is 14.3. The van der Waals surface area contributed by atoms with Crippen molar-refractivity contribution in [1.82, 2.24) is 4.90 Å². The molecular formula is C14H25NO2. The summed E-state index contributed by atoms with van der Waals surface area (Å²) in [6, 6.07) is 0. The molecule has 1 heterocycles. The summed E-state index contributed by atoms with van der Waals surface area (Å²) < 4.78 is 6.01. The fourth-order valence-electron chi connectivity index (χ4n) is 2.99. The van der Waals surface area contributed by atoms with Crippen LogP contribution in [0.5, 0.6) is 0 Å². The smallest absolute Gasteiger partial charge is 0.228 e. The highest BCUT2D eigenvalue weighted by molar-refractivity contribution is 5.81. The average molecular weight is 239 g/mol. The van der Waals surface area contributed by atoms with E-state index in [9.17, 15) is 4.79 Å². The quantitative estimate of drug-likeness (QED) is 0.650. The number of carbonyl (C=O) groups excluding carboxylic acids is 1. The van der Waals surface area contributed by atoms with E-state index >= 15 is 0 Å². The van der Waals surface area contributed by atoms with Gasteiger partial charge in [0.05, 0.1) is 12.2 Å². The second kappa shape index (κ2) is 4.60. The Hall–Kier alpha value is -0.570. The molecule has 0 aromatic rings. The van der Waals surface area contributed by atoms with Crippen LogP contribution in [0.1, 0.15) is 52.9 Å². The lowest BCUT2D eigenvalue weighted by molar-refractivity contribution is -0.163. The molecule has 2 rings (SSSR count). The molecule has 0 radical (unpaired) electrons. The number of morpholine rings is 1. The summed E-state index contributed by atoms with van der Waals surface area (Å²) in [6.07, 6.45) is 6.06. The molecule has 98 valence electrons. The van der Waals surface area contributed by atoms with E-state index in [1.807, 2.05) is 25.7 Å². The molecule has 1 amide bonds. The third-order valence-electron chi connectivity index (χ3n) is 3.94. The van der Waals surface area contributed by atoms with E-state index in [1.54, 1.807) is 0 Å². The van der Waals surface area contributed by atoms with Crippen LogP contribution in [-0.2, 0) is 9.53 Å². The maximum atomic E-state index is 12.3. The molecule has 0 aromatic heterocycles. The summed E-state index contributed by atoms with van der Waals surface area (Å²) in [5.74, 6) is 0.269. The fourth-order valence-corrected chi connectivity index (χ4v) is 2.99. The van der Waals surface area contributed by atoms with Crippen molar-refractivity contribution in [2.75, 3.05) is 19.7 Å². The van der Waals surface area contributed by atoms with Crippen LogP contribution < -0.4 is 0 Å². The predicted molar refractivity (Wildman–Crippen MR) is 67.8 cm³/mol. The van der Waals surface area contributed by atoms with Gasteiger partial charge in [0.1, 0.15) is 0 Å². The van der Waals surface area contributed by atoms with E-state index in [0.717, 1.165) is 25.9 Å². The van der Waals surface area contributed by atoms with Crippen LogP contribution >= 0.6 is 0 Å². The van der Waals surface area contributed by atoms with Crippen molar-refractivity contribution in [3.05, 3.63) is 0 Å². The third kappa shape index (κ3) is 2.82. The Labute approximate surface area is 105 Å². The first kappa shape index (κ1) is 12.9. The average Bonchev–Trinajstić information content (AvgIpc) is 2.28. The number of amides is 1. The first-order chi connectivity index (χ1) is 7.93. The first-order valence-electron chi connectivity index (χ1n) is 6.86. The zero-order valence-corrected chi connectivity index (χ0v) is 11.4. The molecule has 0 N–H and O–H groups in total. The van der Waals surface area contributed by atoms with E-state index in [1.165, 1.54) is 19.3 Å². The van der Waals surface area contributed by atoms with E-state index in [0.29, 0.717) is 6.61 Å². The van der Waals surface area contributed by atoms with Crippen molar-refractivity contribution in [3.8, 4) is 0 Å². The van der Waals surface area contributed by atoms with E-state index in [4.69, 9.17) is 4.74 Å².